The van der Waals surface area contributed by atoms with Crippen LogP contribution in [-0.2, 0) is 11.2 Å². The number of amides is 1. The predicted octanol–water partition coefficient (Wildman–Crippen LogP) is 5.78. The molecule has 158 valence electrons. The molecule has 6 nitrogen and oxygen atoms in total. The van der Waals surface area contributed by atoms with Gasteiger partial charge in [-0.2, -0.15) is 0 Å². The molecule has 1 fully saturated rings. The van der Waals surface area contributed by atoms with E-state index >= 15 is 0 Å². The molecule has 0 radical (unpaired) electrons. The largest absolute Gasteiger partial charge is 0.464 e. The first-order valence-corrected chi connectivity index (χ1v) is 11.6. The minimum Gasteiger partial charge on any atom is -0.464 e. The molecular weight excluding hydrogens is 422 g/mol. The van der Waals surface area contributed by atoms with Crippen LogP contribution in [0.3, 0.4) is 0 Å². The molecule has 2 aromatic heterocycles. The minimum absolute atomic E-state index is 0.00628. The number of likely N-dealkylation sites (tertiary alicyclic amines) is 1. The van der Waals surface area contributed by atoms with Gasteiger partial charge in [-0.25, -0.2) is 0 Å². The van der Waals surface area contributed by atoms with Gasteiger partial charge in [0.2, 0.25) is 11.8 Å². The van der Waals surface area contributed by atoms with Crippen molar-refractivity contribution in [1.29, 1.82) is 0 Å². The van der Waals surface area contributed by atoms with Crippen LogP contribution in [0.5, 0.6) is 0 Å². The molecule has 4 rings (SSSR count). The lowest BCUT2D eigenvalue weighted by atomic mass is 10.1. The Morgan fingerprint density at radius 3 is 2.73 bits per heavy atom. The maximum absolute atomic E-state index is 13.1. The fourth-order valence-electron chi connectivity index (χ4n) is 3.65. The summed E-state index contributed by atoms with van der Waals surface area (Å²) in [4.78, 5) is 15.0. The number of carbonyl (C=O) groups is 1. The molecule has 1 unspecified atom stereocenters. The maximum Gasteiger partial charge on any atom is 0.277 e. The van der Waals surface area contributed by atoms with E-state index < -0.39 is 0 Å². The van der Waals surface area contributed by atoms with E-state index in [9.17, 15) is 4.79 Å². The second kappa shape index (κ2) is 9.71. The van der Waals surface area contributed by atoms with Crippen LogP contribution in [-0.4, -0.2) is 33.3 Å². The summed E-state index contributed by atoms with van der Waals surface area (Å²) in [6.45, 7) is 2.81. The lowest BCUT2D eigenvalue weighted by molar-refractivity contribution is -0.131. The van der Waals surface area contributed by atoms with Gasteiger partial charge in [0.25, 0.3) is 5.22 Å². The quantitative estimate of drug-likeness (QED) is 0.447. The average molecular weight is 446 g/mol. The van der Waals surface area contributed by atoms with Gasteiger partial charge in [-0.1, -0.05) is 43.1 Å². The van der Waals surface area contributed by atoms with Crippen molar-refractivity contribution in [2.24, 2.45) is 0 Å². The van der Waals surface area contributed by atoms with Gasteiger partial charge in [-0.15, -0.1) is 10.2 Å². The molecular formula is C22H24ClN3O3S. The highest BCUT2D eigenvalue weighted by Crippen LogP contribution is 2.33. The molecule has 0 saturated carbocycles. The van der Waals surface area contributed by atoms with Crippen LogP contribution < -0.4 is 0 Å². The Kier molecular flexibility index (Phi) is 6.79. The molecule has 1 aliphatic rings. The number of hydrogen-bond acceptors (Lipinski definition) is 6. The van der Waals surface area contributed by atoms with Crippen LogP contribution in [0.4, 0.5) is 0 Å². The molecule has 1 amide bonds. The number of benzene rings is 1. The van der Waals surface area contributed by atoms with Gasteiger partial charge < -0.3 is 13.7 Å². The fourth-order valence-corrected chi connectivity index (χ4v) is 4.43. The summed E-state index contributed by atoms with van der Waals surface area (Å²) in [5.74, 6) is 2.57. The highest BCUT2D eigenvalue weighted by Gasteiger charge is 2.29. The normalized spacial score (nSPS) is 17.1. The van der Waals surface area contributed by atoms with Crippen molar-refractivity contribution in [3.05, 3.63) is 52.9 Å². The molecule has 0 bridgehead atoms. The molecule has 1 aliphatic heterocycles. The summed E-state index contributed by atoms with van der Waals surface area (Å²) in [6.07, 6.45) is 5.01. The summed E-state index contributed by atoms with van der Waals surface area (Å²) in [5.41, 5.74) is 0.794. The van der Waals surface area contributed by atoms with Crippen molar-refractivity contribution >= 4 is 29.3 Å². The zero-order chi connectivity index (χ0) is 20.9. The molecule has 0 aliphatic carbocycles. The van der Waals surface area contributed by atoms with E-state index in [1.807, 2.05) is 29.2 Å². The maximum atomic E-state index is 13.1. The number of aromatic nitrogens is 2. The van der Waals surface area contributed by atoms with E-state index in [1.54, 1.807) is 12.1 Å². The Balaban J connectivity index is 1.42. The Labute approximate surface area is 185 Å². The predicted molar refractivity (Wildman–Crippen MR) is 116 cm³/mol. The van der Waals surface area contributed by atoms with Gasteiger partial charge in [-0.05, 0) is 49.2 Å². The summed E-state index contributed by atoms with van der Waals surface area (Å²) >= 11 is 7.19. The van der Waals surface area contributed by atoms with Gasteiger partial charge in [0.1, 0.15) is 11.5 Å². The van der Waals surface area contributed by atoms with Crippen LogP contribution in [0.1, 0.15) is 50.2 Å². The monoisotopic (exact) mass is 445 g/mol. The van der Waals surface area contributed by atoms with Gasteiger partial charge in [0, 0.05) is 23.6 Å². The standard InChI is InChI=1S/C22H24ClN3O3S/c1-2-17-11-12-19(28-17)18-6-4-3-5-13-26(18)20(27)14-30-22-25-24-21(29-22)15-7-9-16(23)10-8-15/h7-12,18H,2-6,13-14H2,1H3. The summed E-state index contributed by atoms with van der Waals surface area (Å²) < 4.78 is 11.7. The highest BCUT2D eigenvalue weighted by atomic mass is 35.5. The van der Waals surface area contributed by atoms with Gasteiger partial charge >= 0.3 is 0 Å². The number of aryl methyl sites for hydroxylation is 1. The number of nitrogens with zero attached hydrogens (tertiary/aromatic N) is 3. The molecule has 1 atom stereocenters. The third kappa shape index (κ3) is 4.90. The Morgan fingerprint density at radius 2 is 1.97 bits per heavy atom. The number of thioether (sulfide) groups is 1. The van der Waals surface area contributed by atoms with Crippen molar-refractivity contribution in [3.63, 3.8) is 0 Å². The van der Waals surface area contributed by atoms with Crippen molar-refractivity contribution < 1.29 is 13.6 Å². The lowest BCUT2D eigenvalue weighted by Crippen LogP contribution is -2.35. The first-order chi connectivity index (χ1) is 14.6. The van der Waals surface area contributed by atoms with Crippen LogP contribution in [0.25, 0.3) is 11.5 Å². The number of rotatable bonds is 6. The Morgan fingerprint density at radius 1 is 1.13 bits per heavy atom. The van der Waals surface area contributed by atoms with Crippen molar-refractivity contribution in [2.75, 3.05) is 12.3 Å². The smallest absolute Gasteiger partial charge is 0.277 e. The number of halogens is 1. The van der Waals surface area contributed by atoms with Crippen molar-refractivity contribution in [3.8, 4) is 11.5 Å². The van der Waals surface area contributed by atoms with Gasteiger partial charge in [-0.3, -0.25) is 4.79 Å². The first kappa shape index (κ1) is 21.0. The van der Waals surface area contributed by atoms with E-state index in [1.165, 1.54) is 11.8 Å². The topological polar surface area (TPSA) is 72.4 Å². The van der Waals surface area contributed by atoms with E-state index in [2.05, 4.69) is 17.1 Å². The van der Waals surface area contributed by atoms with Crippen LogP contribution in [0, 0.1) is 0 Å². The van der Waals surface area contributed by atoms with Crippen LogP contribution in [0.15, 0.2) is 50.5 Å². The molecule has 0 spiro atoms. The summed E-state index contributed by atoms with van der Waals surface area (Å²) in [7, 11) is 0. The molecule has 30 heavy (non-hydrogen) atoms. The lowest BCUT2D eigenvalue weighted by Gasteiger charge is -2.28. The summed E-state index contributed by atoms with van der Waals surface area (Å²) in [6, 6.07) is 11.2. The number of carbonyl (C=O) groups excluding carboxylic acids is 1. The fraction of sp³-hybridized carbons (Fsp3) is 0.409. The Hall–Kier alpha value is -2.25. The van der Waals surface area contributed by atoms with Crippen LogP contribution >= 0.6 is 23.4 Å². The number of hydrogen-bond donors (Lipinski definition) is 0. The summed E-state index contributed by atoms with van der Waals surface area (Å²) in [5, 5.41) is 9.17. The van der Waals surface area contributed by atoms with Crippen molar-refractivity contribution in [2.45, 2.75) is 50.3 Å². The molecule has 3 heterocycles. The minimum atomic E-state index is -0.00628. The highest BCUT2D eigenvalue weighted by molar-refractivity contribution is 7.99. The van der Waals surface area contributed by atoms with Gasteiger partial charge in [0.15, 0.2) is 0 Å². The van der Waals surface area contributed by atoms with E-state index in [0.717, 1.165) is 55.7 Å². The molecule has 1 aromatic carbocycles. The van der Waals surface area contributed by atoms with Gasteiger partial charge in [0.05, 0.1) is 11.8 Å². The van der Waals surface area contributed by atoms with Crippen LogP contribution in [0.2, 0.25) is 5.02 Å². The zero-order valence-corrected chi connectivity index (χ0v) is 18.4. The third-order valence-corrected chi connectivity index (χ3v) is 6.30. The van der Waals surface area contributed by atoms with E-state index in [0.29, 0.717) is 16.1 Å². The molecule has 8 heteroatoms. The molecule has 1 saturated heterocycles. The first-order valence-electron chi connectivity index (χ1n) is 10.2. The van der Waals surface area contributed by atoms with E-state index in [4.69, 9.17) is 20.4 Å². The third-order valence-electron chi connectivity index (χ3n) is 5.25. The zero-order valence-electron chi connectivity index (χ0n) is 16.8. The average Bonchev–Trinajstić information content (AvgIpc) is 3.37. The SMILES string of the molecule is CCc1ccc(C2CCCCCN2C(=O)CSc2nnc(-c3ccc(Cl)cc3)o2)o1. The van der Waals surface area contributed by atoms with Crippen molar-refractivity contribution in [1.82, 2.24) is 15.1 Å². The Bertz CT molecular complexity index is 986. The second-order valence-corrected chi connectivity index (χ2v) is 8.64. The molecule has 0 N–H and O–H groups in total. The second-order valence-electron chi connectivity index (χ2n) is 7.28. The van der Waals surface area contributed by atoms with E-state index in [-0.39, 0.29) is 17.7 Å². The number of furan rings is 1. The molecule has 3 aromatic rings.